The summed E-state index contributed by atoms with van der Waals surface area (Å²) in [6, 6.07) is 0. The van der Waals surface area contributed by atoms with E-state index in [0.29, 0.717) is 10.8 Å². The van der Waals surface area contributed by atoms with E-state index < -0.39 is 0 Å². The Morgan fingerprint density at radius 1 is 0.325 bits per heavy atom. The Labute approximate surface area is 257 Å². The molecule has 0 spiro atoms. The monoisotopic (exact) mass is 563 g/mol. The minimum atomic E-state index is 0.537. The van der Waals surface area contributed by atoms with Crippen molar-refractivity contribution in [3.05, 3.63) is 0 Å². The van der Waals surface area contributed by atoms with E-state index in [4.69, 9.17) is 0 Å². The molecule has 0 bridgehead atoms. The van der Waals surface area contributed by atoms with Gasteiger partial charge in [0.25, 0.3) is 0 Å². The molecule has 0 aliphatic heterocycles. The van der Waals surface area contributed by atoms with Gasteiger partial charge in [-0.05, 0) is 61.2 Å². The molecule has 0 aliphatic carbocycles. The lowest BCUT2D eigenvalue weighted by Crippen LogP contribution is -2.51. The second-order valence-corrected chi connectivity index (χ2v) is 14.2. The Hall–Kier alpha value is 0. The smallest absolute Gasteiger partial charge is 0.0210 e. The maximum atomic E-state index is 2.77. The standard InChI is InChI=1S/C40H82/c1-9-16-23-30-37(8)39(33-26-19-12-4,34-27-20-13-5)40(35-28-21-14-6,36-29-22-15-7)38(31-24-17-10-2)32-25-18-11-3/h37-38H,9-36H2,1-8H3. The molecule has 0 N–H and O–H groups in total. The Bertz CT molecular complexity index is 474. The second-order valence-electron chi connectivity index (χ2n) is 14.2. The molecule has 0 saturated carbocycles. The summed E-state index contributed by atoms with van der Waals surface area (Å²) in [6.45, 7) is 19.7. The molecule has 0 fully saturated rings. The van der Waals surface area contributed by atoms with Gasteiger partial charge < -0.3 is 0 Å². The van der Waals surface area contributed by atoms with Crippen molar-refractivity contribution in [3.63, 3.8) is 0 Å². The fraction of sp³-hybridized carbons (Fsp3) is 1.00. The van der Waals surface area contributed by atoms with Crippen molar-refractivity contribution < 1.29 is 0 Å². The zero-order chi connectivity index (χ0) is 30.0. The molecule has 1 unspecified atom stereocenters. The Balaban J connectivity index is 7.12. The Morgan fingerprint density at radius 3 is 0.925 bits per heavy atom. The molecule has 0 amide bonds. The summed E-state index contributed by atoms with van der Waals surface area (Å²) in [7, 11) is 0. The van der Waals surface area contributed by atoms with Crippen LogP contribution in [-0.2, 0) is 0 Å². The van der Waals surface area contributed by atoms with Crippen LogP contribution in [0.3, 0.4) is 0 Å². The highest BCUT2D eigenvalue weighted by Gasteiger charge is 2.54. The third-order valence-corrected chi connectivity index (χ3v) is 11.2. The van der Waals surface area contributed by atoms with Crippen LogP contribution in [0.2, 0.25) is 0 Å². The molecule has 0 rings (SSSR count). The van der Waals surface area contributed by atoms with Gasteiger partial charge in [0.2, 0.25) is 0 Å². The van der Waals surface area contributed by atoms with Crippen LogP contribution in [0.4, 0.5) is 0 Å². The lowest BCUT2D eigenvalue weighted by molar-refractivity contribution is -0.105. The first-order valence-corrected chi connectivity index (χ1v) is 19.5. The minimum Gasteiger partial charge on any atom is -0.0654 e. The number of unbranched alkanes of at least 4 members (excludes halogenated alkanes) is 14. The van der Waals surface area contributed by atoms with Crippen LogP contribution in [-0.4, -0.2) is 0 Å². The molecule has 1 atom stereocenters. The molecule has 0 heterocycles. The summed E-state index contributed by atoms with van der Waals surface area (Å²) in [5, 5.41) is 0. The topological polar surface area (TPSA) is 0 Å². The highest BCUT2D eigenvalue weighted by molar-refractivity contribution is 5.04. The van der Waals surface area contributed by atoms with Gasteiger partial charge in [-0.15, -0.1) is 0 Å². The fourth-order valence-corrected chi connectivity index (χ4v) is 8.76. The van der Waals surface area contributed by atoms with E-state index in [2.05, 4.69) is 55.4 Å². The number of hydrogen-bond acceptors (Lipinski definition) is 0. The summed E-state index contributed by atoms with van der Waals surface area (Å²) < 4.78 is 0. The van der Waals surface area contributed by atoms with Crippen LogP contribution in [0.25, 0.3) is 0 Å². The first-order valence-electron chi connectivity index (χ1n) is 19.5. The van der Waals surface area contributed by atoms with E-state index in [1.807, 2.05) is 0 Å². The average molecular weight is 563 g/mol. The van der Waals surface area contributed by atoms with Crippen molar-refractivity contribution in [2.45, 2.75) is 235 Å². The van der Waals surface area contributed by atoms with Gasteiger partial charge in [0, 0.05) is 0 Å². The molecule has 40 heavy (non-hydrogen) atoms. The van der Waals surface area contributed by atoms with Gasteiger partial charge in [0.1, 0.15) is 0 Å². The third kappa shape index (κ3) is 14.5. The largest absolute Gasteiger partial charge is 0.0654 e. The van der Waals surface area contributed by atoms with Gasteiger partial charge in [0.15, 0.2) is 0 Å². The van der Waals surface area contributed by atoms with Crippen molar-refractivity contribution in [2.24, 2.45) is 22.7 Å². The lowest BCUT2D eigenvalue weighted by atomic mass is 9.45. The van der Waals surface area contributed by atoms with Gasteiger partial charge in [-0.25, -0.2) is 0 Å². The van der Waals surface area contributed by atoms with Gasteiger partial charge in [0.05, 0.1) is 0 Å². The highest BCUT2D eigenvalue weighted by Crippen LogP contribution is 2.64. The normalized spacial score (nSPS) is 13.4. The first-order chi connectivity index (χ1) is 19.5. The highest BCUT2D eigenvalue weighted by atomic mass is 14.6. The van der Waals surface area contributed by atoms with E-state index >= 15 is 0 Å². The predicted octanol–water partition coefficient (Wildman–Crippen LogP) is 15.3. The molecule has 242 valence electrons. The van der Waals surface area contributed by atoms with Crippen molar-refractivity contribution >= 4 is 0 Å². The first kappa shape index (κ1) is 40.0. The van der Waals surface area contributed by atoms with Crippen LogP contribution in [0.1, 0.15) is 235 Å². The molecule has 0 saturated heterocycles. The molecule has 0 aromatic carbocycles. The van der Waals surface area contributed by atoms with Crippen molar-refractivity contribution in [1.29, 1.82) is 0 Å². The van der Waals surface area contributed by atoms with E-state index in [1.165, 1.54) is 180 Å². The van der Waals surface area contributed by atoms with Crippen LogP contribution in [0.5, 0.6) is 0 Å². The summed E-state index contributed by atoms with van der Waals surface area (Å²) in [6.07, 6.45) is 40.5. The average Bonchev–Trinajstić information content (AvgIpc) is 2.95. The zero-order valence-corrected chi connectivity index (χ0v) is 30.0. The molecule has 0 aliphatic rings. The molecule has 0 radical (unpaired) electrons. The molecular weight excluding hydrogens is 480 g/mol. The number of rotatable bonds is 31. The molecule has 0 heteroatoms. The molecule has 0 aromatic heterocycles. The third-order valence-electron chi connectivity index (χ3n) is 11.2. The van der Waals surface area contributed by atoms with E-state index in [9.17, 15) is 0 Å². The van der Waals surface area contributed by atoms with Gasteiger partial charge in [-0.2, -0.15) is 0 Å². The summed E-state index contributed by atoms with van der Waals surface area (Å²) in [4.78, 5) is 0. The quantitative estimate of drug-likeness (QED) is 0.0737. The summed E-state index contributed by atoms with van der Waals surface area (Å²) in [5.74, 6) is 1.81. The fourth-order valence-electron chi connectivity index (χ4n) is 8.76. The van der Waals surface area contributed by atoms with E-state index in [1.54, 1.807) is 0 Å². The minimum absolute atomic E-state index is 0.537. The van der Waals surface area contributed by atoms with Crippen LogP contribution >= 0.6 is 0 Å². The van der Waals surface area contributed by atoms with Crippen molar-refractivity contribution in [2.75, 3.05) is 0 Å². The van der Waals surface area contributed by atoms with Crippen LogP contribution < -0.4 is 0 Å². The molecule has 0 nitrogen and oxygen atoms in total. The Kier molecular flexibility index (Phi) is 26.6. The Morgan fingerprint density at radius 2 is 0.600 bits per heavy atom. The van der Waals surface area contributed by atoms with Crippen LogP contribution in [0.15, 0.2) is 0 Å². The number of hydrogen-bond donors (Lipinski definition) is 0. The summed E-state index contributed by atoms with van der Waals surface area (Å²) >= 11 is 0. The van der Waals surface area contributed by atoms with Crippen LogP contribution in [0, 0.1) is 22.7 Å². The molecule has 0 aromatic rings. The second kappa shape index (κ2) is 26.6. The van der Waals surface area contributed by atoms with Gasteiger partial charge >= 0.3 is 0 Å². The van der Waals surface area contributed by atoms with Crippen molar-refractivity contribution in [1.82, 2.24) is 0 Å². The van der Waals surface area contributed by atoms with Gasteiger partial charge in [-0.3, -0.25) is 0 Å². The maximum Gasteiger partial charge on any atom is -0.0210 e. The predicted molar refractivity (Wildman–Crippen MR) is 187 cm³/mol. The molecular formula is C40H82. The SMILES string of the molecule is CCCCCC(C)C(CCCCC)(CCCCC)C(CCCCC)(CCCCC)C(CCCCC)CCCCC. The summed E-state index contributed by atoms with van der Waals surface area (Å²) in [5.41, 5.74) is 1.08. The van der Waals surface area contributed by atoms with E-state index in [-0.39, 0.29) is 0 Å². The van der Waals surface area contributed by atoms with E-state index in [0.717, 1.165) is 11.8 Å². The zero-order valence-electron chi connectivity index (χ0n) is 30.0. The maximum absolute atomic E-state index is 2.77. The van der Waals surface area contributed by atoms with Gasteiger partial charge in [-0.1, -0.05) is 197 Å². The van der Waals surface area contributed by atoms with Crippen molar-refractivity contribution in [3.8, 4) is 0 Å². The lowest BCUT2D eigenvalue weighted by Gasteiger charge is -2.60.